The molecule has 1 fully saturated rings. The Hall–Kier alpha value is -1.90. The number of thiophene rings is 1. The van der Waals surface area contributed by atoms with Crippen LogP contribution >= 0.6 is 11.3 Å². The van der Waals surface area contributed by atoms with Gasteiger partial charge in [-0.05, 0) is 23.1 Å². The zero-order chi connectivity index (χ0) is 20.1. The van der Waals surface area contributed by atoms with Crippen LogP contribution < -0.4 is 15.1 Å². The van der Waals surface area contributed by atoms with Gasteiger partial charge in [0.15, 0.2) is 0 Å². The van der Waals surface area contributed by atoms with Gasteiger partial charge in [-0.25, -0.2) is 0 Å². The summed E-state index contributed by atoms with van der Waals surface area (Å²) in [6.45, 7) is 4.76. The monoisotopic (exact) mass is 413 g/mol. The van der Waals surface area contributed by atoms with Crippen LogP contribution in [-0.2, 0) is 17.4 Å². The van der Waals surface area contributed by atoms with E-state index >= 15 is 0 Å². The predicted octanol–water partition coefficient (Wildman–Crippen LogP) is 0.580. The van der Waals surface area contributed by atoms with Crippen LogP contribution in [0.2, 0.25) is 0 Å². The normalized spacial score (nSPS) is 21.3. The minimum atomic E-state index is -4.40. The zero-order valence-electron chi connectivity index (χ0n) is 15.8. The van der Waals surface area contributed by atoms with Gasteiger partial charge in [-0.15, -0.1) is 11.3 Å². The van der Waals surface area contributed by atoms with E-state index in [1.165, 1.54) is 20.7 Å². The molecule has 28 heavy (non-hydrogen) atoms. The summed E-state index contributed by atoms with van der Waals surface area (Å²) in [5.74, 6) is -0.250. The van der Waals surface area contributed by atoms with Gasteiger partial charge in [-0.2, -0.15) is 13.2 Å². The molecule has 152 valence electrons. The summed E-state index contributed by atoms with van der Waals surface area (Å²) in [6.07, 6.45) is -4.45. The Morgan fingerprint density at radius 1 is 1.18 bits per heavy atom. The molecule has 1 aromatic heterocycles. The summed E-state index contributed by atoms with van der Waals surface area (Å²) in [4.78, 5) is 16.6. The van der Waals surface area contributed by atoms with Crippen LogP contribution in [0.1, 0.15) is 22.0 Å². The summed E-state index contributed by atoms with van der Waals surface area (Å²) in [5.41, 5.74) is -0.353. The van der Waals surface area contributed by atoms with E-state index in [2.05, 4.69) is 18.4 Å². The van der Waals surface area contributed by atoms with Gasteiger partial charge in [0.05, 0.1) is 30.5 Å². The zero-order valence-corrected chi connectivity index (χ0v) is 16.6. The number of quaternary nitrogens is 2. The maximum atomic E-state index is 12.8. The van der Waals surface area contributed by atoms with Gasteiger partial charge in [0.25, 0.3) is 0 Å². The van der Waals surface area contributed by atoms with E-state index in [1.807, 2.05) is 11.4 Å². The number of hydrogen-bond donors (Lipinski definition) is 3. The first-order chi connectivity index (χ1) is 13.3. The number of carbonyl (C=O) groups is 1. The van der Waals surface area contributed by atoms with E-state index in [0.717, 1.165) is 38.3 Å². The lowest BCUT2D eigenvalue weighted by Crippen LogP contribution is -3.27. The summed E-state index contributed by atoms with van der Waals surface area (Å²) < 4.78 is 38.5. The number of hydrogen-bond acceptors (Lipinski definition) is 2. The standard InChI is InChI=1S/C20H24F3N3OS/c1-25-7-9-26(10-8-25)17(18-6-3-11-28-18)14-24-19(27)13-15-4-2-5-16(12-15)20(21,22)23/h2-6,11-12,17H,7-10,13-14H2,1H3,(H,24,27)/p+2/t17-/m0/s1. The van der Waals surface area contributed by atoms with Gasteiger partial charge in [-0.1, -0.05) is 24.3 Å². The Morgan fingerprint density at radius 3 is 2.57 bits per heavy atom. The van der Waals surface area contributed by atoms with E-state index in [4.69, 9.17) is 0 Å². The van der Waals surface area contributed by atoms with Crippen LogP contribution in [0.5, 0.6) is 0 Å². The molecule has 0 saturated carbocycles. The largest absolute Gasteiger partial charge is 0.416 e. The summed E-state index contributed by atoms with van der Waals surface area (Å²) in [7, 11) is 2.19. The molecule has 2 aromatic rings. The Labute approximate surface area is 167 Å². The minimum absolute atomic E-state index is 0.0523. The smallest absolute Gasteiger partial charge is 0.349 e. The van der Waals surface area contributed by atoms with Crippen LogP contribution in [0, 0.1) is 0 Å². The van der Waals surface area contributed by atoms with E-state index in [-0.39, 0.29) is 18.4 Å². The summed E-state index contributed by atoms with van der Waals surface area (Å²) in [6, 6.07) is 9.25. The van der Waals surface area contributed by atoms with Crippen molar-refractivity contribution in [3.05, 3.63) is 57.8 Å². The minimum Gasteiger partial charge on any atom is -0.349 e. The molecule has 2 heterocycles. The van der Waals surface area contributed by atoms with Crippen molar-refractivity contribution < 1.29 is 27.8 Å². The number of carbonyl (C=O) groups excluding carboxylic acids is 1. The fourth-order valence-electron chi connectivity index (χ4n) is 3.60. The molecular formula is C20H26F3N3OS+2. The highest BCUT2D eigenvalue weighted by Crippen LogP contribution is 2.29. The molecule has 1 aromatic carbocycles. The molecule has 8 heteroatoms. The number of rotatable bonds is 6. The predicted molar refractivity (Wildman–Crippen MR) is 103 cm³/mol. The Balaban J connectivity index is 1.61. The van der Waals surface area contributed by atoms with Crippen molar-refractivity contribution in [1.82, 2.24) is 5.32 Å². The van der Waals surface area contributed by atoms with Gasteiger partial charge < -0.3 is 15.1 Å². The van der Waals surface area contributed by atoms with E-state index in [1.54, 1.807) is 17.4 Å². The fraction of sp³-hybridized carbons (Fsp3) is 0.450. The molecule has 0 radical (unpaired) electrons. The first-order valence-corrected chi connectivity index (χ1v) is 10.3. The molecule has 3 N–H and O–H groups in total. The Bertz CT molecular complexity index is 771. The second kappa shape index (κ2) is 9.07. The fourth-order valence-corrected chi connectivity index (χ4v) is 4.49. The van der Waals surface area contributed by atoms with Gasteiger partial charge in [0, 0.05) is 0 Å². The van der Waals surface area contributed by atoms with Crippen LogP contribution in [0.15, 0.2) is 41.8 Å². The highest BCUT2D eigenvalue weighted by molar-refractivity contribution is 7.10. The van der Waals surface area contributed by atoms with Crippen molar-refractivity contribution >= 4 is 17.2 Å². The highest BCUT2D eigenvalue weighted by Gasteiger charge is 2.31. The molecule has 1 amide bonds. The van der Waals surface area contributed by atoms with Crippen molar-refractivity contribution in [2.75, 3.05) is 39.8 Å². The van der Waals surface area contributed by atoms with Crippen LogP contribution in [0.4, 0.5) is 13.2 Å². The molecule has 1 aliphatic heterocycles. The number of nitrogens with one attached hydrogen (secondary N) is 3. The molecule has 3 rings (SSSR count). The van der Waals surface area contributed by atoms with Gasteiger partial charge in [0.1, 0.15) is 32.2 Å². The first kappa shape index (κ1) is 20.8. The van der Waals surface area contributed by atoms with Crippen LogP contribution in [-0.4, -0.2) is 45.7 Å². The lowest BCUT2D eigenvalue weighted by atomic mass is 10.1. The molecule has 1 saturated heterocycles. The SMILES string of the molecule is C[NH+]1CC[NH+]([C@@H](CNC(=O)Cc2cccc(C(F)(F)F)c2)c2cccs2)CC1. The molecule has 0 unspecified atom stereocenters. The first-order valence-electron chi connectivity index (χ1n) is 9.45. The van der Waals surface area contributed by atoms with Crippen molar-refractivity contribution in [2.24, 2.45) is 0 Å². The number of likely N-dealkylation sites (N-methyl/N-ethyl adjacent to an activating group) is 1. The van der Waals surface area contributed by atoms with Crippen molar-refractivity contribution in [1.29, 1.82) is 0 Å². The van der Waals surface area contributed by atoms with Gasteiger partial charge in [-0.3, -0.25) is 4.79 Å². The highest BCUT2D eigenvalue weighted by atomic mass is 32.1. The maximum absolute atomic E-state index is 12.8. The van der Waals surface area contributed by atoms with Crippen molar-refractivity contribution in [3.8, 4) is 0 Å². The average Bonchev–Trinajstić information content (AvgIpc) is 3.17. The molecular weight excluding hydrogens is 387 g/mol. The maximum Gasteiger partial charge on any atom is 0.416 e. The van der Waals surface area contributed by atoms with E-state index < -0.39 is 11.7 Å². The molecule has 0 aliphatic carbocycles. The molecule has 1 atom stereocenters. The van der Waals surface area contributed by atoms with Crippen LogP contribution in [0.3, 0.4) is 0 Å². The Morgan fingerprint density at radius 2 is 1.93 bits per heavy atom. The van der Waals surface area contributed by atoms with Gasteiger partial charge >= 0.3 is 6.18 Å². The number of benzene rings is 1. The third kappa shape index (κ3) is 5.56. The van der Waals surface area contributed by atoms with E-state index in [9.17, 15) is 18.0 Å². The number of alkyl halides is 3. The van der Waals surface area contributed by atoms with Crippen LogP contribution in [0.25, 0.3) is 0 Å². The number of amides is 1. The second-order valence-corrected chi connectivity index (χ2v) is 8.34. The lowest BCUT2D eigenvalue weighted by molar-refractivity contribution is -1.02. The molecule has 0 spiro atoms. The molecule has 4 nitrogen and oxygen atoms in total. The third-order valence-electron chi connectivity index (χ3n) is 5.25. The number of halogens is 3. The lowest BCUT2D eigenvalue weighted by Gasteiger charge is -2.33. The summed E-state index contributed by atoms with van der Waals surface area (Å²) >= 11 is 1.68. The van der Waals surface area contributed by atoms with Crippen molar-refractivity contribution in [2.45, 2.75) is 18.6 Å². The topological polar surface area (TPSA) is 38.0 Å². The van der Waals surface area contributed by atoms with Crippen molar-refractivity contribution in [3.63, 3.8) is 0 Å². The third-order valence-corrected chi connectivity index (χ3v) is 6.23. The second-order valence-electron chi connectivity index (χ2n) is 7.36. The Kier molecular flexibility index (Phi) is 6.74. The molecule has 0 bridgehead atoms. The quantitative estimate of drug-likeness (QED) is 0.637. The summed E-state index contributed by atoms with van der Waals surface area (Å²) in [5, 5.41) is 4.98. The average molecular weight is 414 g/mol. The van der Waals surface area contributed by atoms with Gasteiger partial charge in [0.2, 0.25) is 5.91 Å². The molecule has 1 aliphatic rings. The van der Waals surface area contributed by atoms with E-state index in [0.29, 0.717) is 12.1 Å². The number of piperazine rings is 1.